The Hall–Kier alpha value is -3.41. The van der Waals surface area contributed by atoms with Gasteiger partial charge in [0.15, 0.2) is 5.82 Å². The molecule has 166 valence electrons. The molecule has 0 radical (unpaired) electrons. The number of anilines is 1. The van der Waals surface area contributed by atoms with E-state index in [4.69, 9.17) is 0 Å². The Balaban J connectivity index is 1.58. The van der Waals surface area contributed by atoms with E-state index in [1.807, 2.05) is 0 Å². The Labute approximate surface area is 180 Å². The molecule has 32 heavy (non-hydrogen) atoms. The van der Waals surface area contributed by atoms with Gasteiger partial charge in [0, 0.05) is 11.1 Å². The van der Waals surface area contributed by atoms with Gasteiger partial charge in [-0.1, -0.05) is 12.1 Å². The van der Waals surface area contributed by atoms with Gasteiger partial charge in [-0.05, 0) is 29.8 Å². The van der Waals surface area contributed by atoms with Gasteiger partial charge in [0.25, 0.3) is 0 Å². The molecule has 2 heterocycles. The van der Waals surface area contributed by atoms with Crippen molar-refractivity contribution in [2.24, 2.45) is 0 Å². The number of aromatic amines is 1. The van der Waals surface area contributed by atoms with Gasteiger partial charge in [-0.2, -0.15) is 26.3 Å². The normalized spacial score (nSPS) is 12.3. The quantitative estimate of drug-likeness (QED) is 0.365. The number of hydrogen-bond acceptors (Lipinski definition) is 4. The van der Waals surface area contributed by atoms with Gasteiger partial charge in [-0.15, -0.1) is 11.3 Å². The Kier molecular flexibility index (Phi) is 5.41. The number of carbonyl (C=O) groups is 1. The molecule has 0 saturated carbocycles. The fraction of sp³-hybridized carbons (Fsp3) is 0.150. The van der Waals surface area contributed by atoms with Crippen molar-refractivity contribution in [3.8, 4) is 11.5 Å². The van der Waals surface area contributed by atoms with E-state index in [0.717, 1.165) is 12.1 Å². The molecule has 5 nitrogen and oxygen atoms in total. The molecule has 0 atom stereocenters. The third-order valence-electron chi connectivity index (χ3n) is 4.53. The number of imidazole rings is 1. The van der Waals surface area contributed by atoms with Crippen LogP contribution in [0.25, 0.3) is 22.6 Å². The fourth-order valence-corrected chi connectivity index (χ4v) is 3.77. The maximum Gasteiger partial charge on any atom is 0.417 e. The van der Waals surface area contributed by atoms with Crippen LogP contribution in [0.4, 0.5) is 32.0 Å². The first-order valence-corrected chi connectivity index (χ1v) is 9.91. The number of amides is 1. The molecule has 1 amide bonds. The molecule has 2 aromatic carbocycles. The lowest BCUT2D eigenvalue weighted by Crippen LogP contribution is -2.22. The van der Waals surface area contributed by atoms with Crippen molar-refractivity contribution in [1.29, 1.82) is 0 Å². The van der Waals surface area contributed by atoms with E-state index >= 15 is 0 Å². The summed E-state index contributed by atoms with van der Waals surface area (Å²) >= 11 is 1.38. The SMILES string of the molecule is O=C(Cc1cccc(C(F)(F)F)c1C(F)(F)F)Nc1ccc2[nH]c(-c3cscn3)nc2c1. The zero-order valence-corrected chi connectivity index (χ0v) is 16.6. The highest BCUT2D eigenvalue weighted by atomic mass is 32.1. The van der Waals surface area contributed by atoms with Crippen LogP contribution in [0.2, 0.25) is 0 Å². The molecular weight excluding hydrogens is 458 g/mol. The Bertz CT molecular complexity index is 1280. The highest BCUT2D eigenvalue weighted by Crippen LogP contribution is 2.42. The van der Waals surface area contributed by atoms with Crippen LogP contribution in [0.5, 0.6) is 0 Å². The number of benzene rings is 2. The van der Waals surface area contributed by atoms with Gasteiger partial charge in [-0.25, -0.2) is 9.97 Å². The van der Waals surface area contributed by atoms with Crippen LogP contribution in [-0.4, -0.2) is 20.9 Å². The number of H-pyrrole nitrogens is 1. The van der Waals surface area contributed by atoms with E-state index in [1.54, 1.807) is 17.0 Å². The molecule has 2 aromatic heterocycles. The van der Waals surface area contributed by atoms with E-state index in [0.29, 0.717) is 28.6 Å². The van der Waals surface area contributed by atoms with E-state index in [9.17, 15) is 31.1 Å². The fourth-order valence-electron chi connectivity index (χ4n) is 3.23. The molecule has 0 saturated heterocycles. The van der Waals surface area contributed by atoms with Gasteiger partial charge in [0.05, 0.1) is 34.1 Å². The van der Waals surface area contributed by atoms with E-state index < -0.39 is 41.4 Å². The first-order valence-electron chi connectivity index (χ1n) is 8.97. The number of hydrogen-bond donors (Lipinski definition) is 2. The Morgan fingerprint density at radius 3 is 2.50 bits per heavy atom. The summed E-state index contributed by atoms with van der Waals surface area (Å²) in [6.07, 6.45) is -11.4. The molecule has 0 spiro atoms. The third-order valence-corrected chi connectivity index (χ3v) is 5.12. The first kappa shape index (κ1) is 21.8. The zero-order chi connectivity index (χ0) is 23.1. The number of fused-ring (bicyclic) bond motifs is 1. The number of carbonyl (C=O) groups excluding carboxylic acids is 1. The molecule has 0 fully saturated rings. The van der Waals surface area contributed by atoms with Gasteiger partial charge >= 0.3 is 12.4 Å². The lowest BCUT2D eigenvalue weighted by Gasteiger charge is -2.19. The second kappa shape index (κ2) is 7.93. The summed E-state index contributed by atoms with van der Waals surface area (Å²) in [4.78, 5) is 23.9. The number of alkyl halides is 6. The summed E-state index contributed by atoms with van der Waals surface area (Å²) in [5, 5.41) is 4.19. The summed E-state index contributed by atoms with van der Waals surface area (Å²) in [7, 11) is 0. The van der Waals surface area contributed by atoms with Crippen molar-refractivity contribution in [2.75, 3.05) is 5.32 Å². The second-order valence-electron chi connectivity index (χ2n) is 6.75. The summed E-state index contributed by atoms with van der Waals surface area (Å²) in [5.74, 6) is -0.395. The van der Waals surface area contributed by atoms with E-state index in [1.165, 1.54) is 23.5 Å². The van der Waals surface area contributed by atoms with Gasteiger partial charge < -0.3 is 10.3 Å². The summed E-state index contributed by atoms with van der Waals surface area (Å²) in [6, 6.07) is 6.65. The maximum atomic E-state index is 13.4. The molecule has 2 N–H and O–H groups in total. The average molecular weight is 470 g/mol. The minimum Gasteiger partial charge on any atom is -0.337 e. The summed E-state index contributed by atoms with van der Waals surface area (Å²) < 4.78 is 79.3. The Morgan fingerprint density at radius 2 is 1.84 bits per heavy atom. The van der Waals surface area contributed by atoms with Crippen LogP contribution in [0, 0.1) is 0 Å². The van der Waals surface area contributed by atoms with E-state index in [-0.39, 0.29) is 5.69 Å². The number of aromatic nitrogens is 3. The van der Waals surface area contributed by atoms with Crippen LogP contribution >= 0.6 is 11.3 Å². The Morgan fingerprint density at radius 1 is 1.06 bits per heavy atom. The van der Waals surface area contributed by atoms with Crippen molar-refractivity contribution in [2.45, 2.75) is 18.8 Å². The highest BCUT2D eigenvalue weighted by molar-refractivity contribution is 7.07. The minimum atomic E-state index is -5.28. The third kappa shape index (κ3) is 4.44. The number of rotatable bonds is 4. The van der Waals surface area contributed by atoms with Crippen LogP contribution in [0.15, 0.2) is 47.3 Å². The second-order valence-corrected chi connectivity index (χ2v) is 7.47. The van der Waals surface area contributed by atoms with Crippen molar-refractivity contribution in [3.05, 3.63) is 64.0 Å². The lowest BCUT2D eigenvalue weighted by atomic mass is 9.97. The molecule has 0 aliphatic heterocycles. The highest BCUT2D eigenvalue weighted by Gasteiger charge is 2.44. The number of nitrogens with one attached hydrogen (secondary N) is 2. The molecular formula is C20H12F6N4OS. The number of halogens is 6. The zero-order valence-electron chi connectivity index (χ0n) is 15.8. The van der Waals surface area contributed by atoms with Gasteiger partial charge in [0.2, 0.25) is 5.91 Å². The standard InChI is InChI=1S/C20H12F6N4OS/c21-19(22,23)12-3-1-2-10(17(12)20(24,25)26)6-16(31)28-11-4-5-13-14(7-11)30-18(29-13)15-8-32-9-27-15/h1-5,7-9H,6H2,(H,28,31)(H,29,30). The number of nitrogens with zero attached hydrogens (tertiary/aromatic N) is 2. The van der Waals surface area contributed by atoms with Crippen LogP contribution in [0.3, 0.4) is 0 Å². The first-order chi connectivity index (χ1) is 15.0. The topological polar surface area (TPSA) is 70.7 Å². The summed E-state index contributed by atoms with van der Waals surface area (Å²) in [6.45, 7) is 0. The smallest absolute Gasteiger partial charge is 0.337 e. The molecule has 0 aliphatic carbocycles. The van der Waals surface area contributed by atoms with Crippen LogP contribution in [0.1, 0.15) is 16.7 Å². The minimum absolute atomic E-state index is 0.236. The van der Waals surface area contributed by atoms with Crippen LogP contribution < -0.4 is 5.32 Å². The predicted octanol–water partition coefficient (Wildman–Crippen LogP) is 5.91. The molecule has 4 aromatic rings. The van der Waals surface area contributed by atoms with E-state index in [2.05, 4.69) is 20.3 Å². The monoisotopic (exact) mass is 470 g/mol. The van der Waals surface area contributed by atoms with Crippen molar-refractivity contribution in [3.63, 3.8) is 0 Å². The molecule has 0 aliphatic rings. The molecule has 0 unspecified atom stereocenters. The lowest BCUT2D eigenvalue weighted by molar-refractivity contribution is -0.162. The molecule has 12 heteroatoms. The summed E-state index contributed by atoms with van der Waals surface area (Å²) in [5.41, 5.74) is -0.848. The number of thiazole rings is 1. The molecule has 0 bridgehead atoms. The average Bonchev–Trinajstić information content (AvgIpc) is 3.35. The largest absolute Gasteiger partial charge is 0.417 e. The van der Waals surface area contributed by atoms with Crippen LogP contribution in [-0.2, 0) is 23.6 Å². The van der Waals surface area contributed by atoms with Gasteiger partial charge in [-0.3, -0.25) is 4.79 Å². The van der Waals surface area contributed by atoms with Crippen molar-refractivity contribution < 1.29 is 31.1 Å². The maximum absolute atomic E-state index is 13.4. The van der Waals surface area contributed by atoms with Gasteiger partial charge in [0.1, 0.15) is 5.69 Å². The van der Waals surface area contributed by atoms with Crippen molar-refractivity contribution in [1.82, 2.24) is 15.0 Å². The predicted molar refractivity (Wildman–Crippen MR) is 106 cm³/mol. The van der Waals surface area contributed by atoms with Crippen molar-refractivity contribution >= 4 is 34.0 Å². The molecule has 4 rings (SSSR count).